The molecule has 0 fully saturated rings. The van der Waals surface area contributed by atoms with E-state index in [0.717, 1.165) is 6.42 Å². The van der Waals surface area contributed by atoms with E-state index in [9.17, 15) is 0 Å². The van der Waals surface area contributed by atoms with Crippen LogP contribution in [0.3, 0.4) is 0 Å². The van der Waals surface area contributed by atoms with Crippen molar-refractivity contribution in [1.29, 1.82) is 0 Å². The van der Waals surface area contributed by atoms with E-state index < -0.39 is 0 Å². The number of methoxy groups -OCH3 is 3. The lowest BCUT2D eigenvalue weighted by Gasteiger charge is -2.38. The van der Waals surface area contributed by atoms with E-state index in [2.05, 4.69) is 27.7 Å². The van der Waals surface area contributed by atoms with Crippen molar-refractivity contribution in [3.05, 3.63) is 0 Å². The molecule has 0 bridgehead atoms. The molecule has 0 rings (SSSR count). The van der Waals surface area contributed by atoms with E-state index in [1.165, 1.54) is 0 Å². The van der Waals surface area contributed by atoms with Gasteiger partial charge in [-0.1, -0.05) is 13.8 Å². The molecule has 0 aromatic heterocycles. The van der Waals surface area contributed by atoms with Crippen LogP contribution in [0.4, 0.5) is 0 Å². The summed E-state index contributed by atoms with van der Waals surface area (Å²) in [7, 11) is 5.17. The van der Waals surface area contributed by atoms with Crippen LogP contribution in [0.1, 0.15) is 34.1 Å². The van der Waals surface area contributed by atoms with E-state index >= 15 is 0 Å². The quantitative estimate of drug-likeness (QED) is 0.657. The minimum Gasteiger partial charge on any atom is -0.382 e. The maximum Gasteiger partial charge on any atom is 0.0856 e. The molecule has 0 amide bonds. The first-order chi connectivity index (χ1) is 6.79. The van der Waals surface area contributed by atoms with Crippen molar-refractivity contribution in [1.82, 2.24) is 0 Å². The Labute approximate surface area is 94.1 Å². The fourth-order valence-corrected chi connectivity index (χ4v) is 2.05. The molecule has 15 heavy (non-hydrogen) atoms. The lowest BCUT2D eigenvalue weighted by Crippen LogP contribution is -2.41. The van der Waals surface area contributed by atoms with Gasteiger partial charge in [-0.3, -0.25) is 0 Å². The van der Waals surface area contributed by atoms with Gasteiger partial charge in [-0.25, -0.2) is 0 Å². The van der Waals surface area contributed by atoms with Crippen LogP contribution >= 0.6 is 0 Å². The molecule has 0 radical (unpaired) electrons. The van der Waals surface area contributed by atoms with Gasteiger partial charge in [0, 0.05) is 21.3 Å². The van der Waals surface area contributed by atoms with Gasteiger partial charge in [-0.15, -0.1) is 0 Å². The maximum absolute atomic E-state index is 5.47. The summed E-state index contributed by atoms with van der Waals surface area (Å²) in [5.41, 5.74) is -0.0989. The van der Waals surface area contributed by atoms with Crippen molar-refractivity contribution >= 4 is 0 Å². The molecule has 0 saturated heterocycles. The predicted octanol–water partition coefficient (Wildman–Crippen LogP) is 2.49. The van der Waals surface area contributed by atoms with Crippen molar-refractivity contribution in [3.63, 3.8) is 0 Å². The molecule has 0 aromatic rings. The Kier molecular flexibility index (Phi) is 5.78. The standard InChI is InChI=1S/C12H26O3/c1-11(2,9-12(3,4)15-7)10(14-6)8-13-5/h10H,8-9H2,1-7H3/t10-/m1/s1. The number of ether oxygens (including phenoxy) is 3. The van der Waals surface area contributed by atoms with Gasteiger partial charge in [-0.05, 0) is 25.7 Å². The van der Waals surface area contributed by atoms with Crippen LogP contribution in [0.2, 0.25) is 0 Å². The molecule has 92 valence electrons. The molecule has 1 atom stereocenters. The maximum atomic E-state index is 5.47. The van der Waals surface area contributed by atoms with Gasteiger partial charge in [-0.2, -0.15) is 0 Å². The minimum absolute atomic E-state index is 0.0320. The van der Waals surface area contributed by atoms with Crippen molar-refractivity contribution in [2.24, 2.45) is 5.41 Å². The van der Waals surface area contributed by atoms with Crippen LogP contribution in [0.5, 0.6) is 0 Å². The van der Waals surface area contributed by atoms with E-state index in [4.69, 9.17) is 14.2 Å². The van der Waals surface area contributed by atoms with Gasteiger partial charge in [0.15, 0.2) is 0 Å². The lowest BCUT2D eigenvalue weighted by molar-refractivity contribution is -0.0853. The van der Waals surface area contributed by atoms with Crippen LogP contribution in [0.15, 0.2) is 0 Å². The Hall–Kier alpha value is -0.120. The first kappa shape index (κ1) is 14.9. The third-order valence-corrected chi connectivity index (χ3v) is 2.91. The summed E-state index contributed by atoms with van der Waals surface area (Å²) >= 11 is 0. The average molecular weight is 218 g/mol. The largest absolute Gasteiger partial charge is 0.382 e. The smallest absolute Gasteiger partial charge is 0.0856 e. The number of hydrogen-bond donors (Lipinski definition) is 0. The molecule has 0 aromatic carbocycles. The highest BCUT2D eigenvalue weighted by atomic mass is 16.5. The third-order valence-electron chi connectivity index (χ3n) is 2.91. The SMILES string of the molecule is COC[C@@H](OC)C(C)(C)CC(C)(C)OC. The lowest BCUT2D eigenvalue weighted by atomic mass is 9.77. The van der Waals surface area contributed by atoms with Crippen molar-refractivity contribution < 1.29 is 14.2 Å². The van der Waals surface area contributed by atoms with E-state index in [1.807, 2.05) is 0 Å². The highest BCUT2D eigenvalue weighted by Gasteiger charge is 2.35. The molecule has 3 nitrogen and oxygen atoms in total. The van der Waals surface area contributed by atoms with Gasteiger partial charge in [0.1, 0.15) is 0 Å². The molecule has 0 aliphatic heterocycles. The van der Waals surface area contributed by atoms with Crippen molar-refractivity contribution in [2.75, 3.05) is 27.9 Å². The van der Waals surface area contributed by atoms with E-state index in [1.54, 1.807) is 21.3 Å². The Morgan fingerprint density at radius 2 is 1.53 bits per heavy atom. The van der Waals surface area contributed by atoms with Crippen molar-refractivity contribution in [2.45, 2.75) is 45.8 Å². The molecule has 0 heterocycles. The van der Waals surface area contributed by atoms with Gasteiger partial charge in [0.05, 0.1) is 18.3 Å². The first-order valence-electron chi connectivity index (χ1n) is 5.36. The van der Waals surface area contributed by atoms with Gasteiger partial charge in [0.25, 0.3) is 0 Å². The summed E-state index contributed by atoms with van der Waals surface area (Å²) in [6.45, 7) is 9.16. The van der Waals surface area contributed by atoms with E-state index in [0.29, 0.717) is 6.61 Å². The fraction of sp³-hybridized carbons (Fsp3) is 1.00. The van der Waals surface area contributed by atoms with Gasteiger partial charge in [0.2, 0.25) is 0 Å². The zero-order chi connectivity index (χ0) is 12.1. The number of hydrogen-bond acceptors (Lipinski definition) is 3. The monoisotopic (exact) mass is 218 g/mol. The Balaban J connectivity index is 4.49. The summed E-state index contributed by atoms with van der Waals surface area (Å²) < 4.78 is 16.1. The van der Waals surface area contributed by atoms with Gasteiger partial charge < -0.3 is 14.2 Å². The topological polar surface area (TPSA) is 27.7 Å². The molecule has 3 heteroatoms. The second-order valence-electron chi connectivity index (χ2n) is 5.31. The summed E-state index contributed by atoms with van der Waals surface area (Å²) in [6.07, 6.45) is 1.02. The van der Waals surface area contributed by atoms with E-state index in [-0.39, 0.29) is 17.1 Å². The van der Waals surface area contributed by atoms with Crippen LogP contribution in [0.25, 0.3) is 0 Å². The minimum atomic E-state index is -0.131. The first-order valence-corrected chi connectivity index (χ1v) is 5.36. The zero-order valence-corrected chi connectivity index (χ0v) is 11.2. The summed E-state index contributed by atoms with van der Waals surface area (Å²) in [6, 6.07) is 0. The predicted molar refractivity (Wildman–Crippen MR) is 62.2 cm³/mol. The molecule has 0 aliphatic carbocycles. The highest BCUT2D eigenvalue weighted by molar-refractivity contribution is 4.86. The third kappa shape index (κ3) is 4.96. The zero-order valence-electron chi connectivity index (χ0n) is 11.2. The summed E-state index contributed by atoms with van der Waals surface area (Å²) in [5.74, 6) is 0. The second-order valence-corrected chi connectivity index (χ2v) is 5.31. The van der Waals surface area contributed by atoms with Gasteiger partial charge >= 0.3 is 0 Å². The fourth-order valence-electron chi connectivity index (χ4n) is 2.05. The van der Waals surface area contributed by atoms with Crippen LogP contribution in [0, 0.1) is 5.41 Å². The number of rotatable bonds is 7. The second kappa shape index (κ2) is 5.83. The normalized spacial score (nSPS) is 15.4. The van der Waals surface area contributed by atoms with Crippen LogP contribution < -0.4 is 0 Å². The molecular weight excluding hydrogens is 192 g/mol. The summed E-state index contributed by atoms with van der Waals surface area (Å²) in [4.78, 5) is 0. The molecular formula is C12H26O3. The van der Waals surface area contributed by atoms with Crippen molar-refractivity contribution in [3.8, 4) is 0 Å². The molecule has 0 saturated carbocycles. The molecule has 0 unspecified atom stereocenters. The van der Waals surface area contributed by atoms with Crippen LogP contribution in [-0.2, 0) is 14.2 Å². The molecule has 0 aliphatic rings. The molecule has 0 N–H and O–H groups in total. The highest BCUT2D eigenvalue weighted by Crippen LogP contribution is 2.34. The average Bonchev–Trinajstić information content (AvgIpc) is 2.12. The van der Waals surface area contributed by atoms with Crippen LogP contribution in [-0.4, -0.2) is 39.6 Å². The molecule has 0 spiro atoms. The summed E-state index contributed by atoms with van der Waals surface area (Å²) in [5, 5.41) is 0. The Bertz CT molecular complexity index is 176. The Morgan fingerprint density at radius 3 is 1.87 bits per heavy atom. The Morgan fingerprint density at radius 1 is 1.00 bits per heavy atom.